The summed E-state index contributed by atoms with van der Waals surface area (Å²) >= 11 is 0. The summed E-state index contributed by atoms with van der Waals surface area (Å²) in [7, 11) is -1.64. The Morgan fingerprint density at radius 1 is 1.07 bits per heavy atom. The van der Waals surface area contributed by atoms with Gasteiger partial charge in [0.2, 0.25) is 0 Å². The molecule has 0 bridgehead atoms. The second kappa shape index (κ2) is 5.83. The van der Waals surface area contributed by atoms with Crippen LogP contribution in [0.1, 0.15) is 20.8 Å². The van der Waals surface area contributed by atoms with Crippen molar-refractivity contribution in [3.05, 3.63) is 0 Å². The van der Waals surface area contributed by atoms with Gasteiger partial charge in [-0.15, -0.1) is 0 Å². The van der Waals surface area contributed by atoms with E-state index in [4.69, 9.17) is 9.16 Å². The first-order valence-corrected chi connectivity index (χ1v) is 8.00. The van der Waals surface area contributed by atoms with E-state index < -0.39 is 15.0 Å². The topological polar surface area (TPSA) is 18.5 Å². The lowest BCUT2D eigenvalue weighted by atomic mass is 10.2. The highest BCUT2D eigenvalue weighted by Crippen LogP contribution is 2.36. The maximum absolute atomic E-state index is 11.7. The highest BCUT2D eigenvalue weighted by molar-refractivity contribution is 6.74. The third-order valence-electron chi connectivity index (χ3n) is 2.72. The van der Waals surface area contributed by atoms with E-state index in [1.54, 1.807) is 0 Å². The summed E-state index contributed by atoms with van der Waals surface area (Å²) in [6.45, 7) is 11.8. The quantitative estimate of drug-likeness (QED) is 0.508. The number of hydrogen-bond donors (Lipinski definition) is 0. The molecule has 0 aliphatic carbocycles. The smallest absolute Gasteiger partial charge is 0.192 e. The predicted molar refractivity (Wildman–Crippen MR) is 59.9 cm³/mol. The molecule has 0 aromatic heterocycles. The molecular formula is C10H23FO2Si. The number of halogens is 1. The molecule has 0 spiro atoms. The summed E-state index contributed by atoms with van der Waals surface area (Å²) in [6.07, 6.45) is 0. The minimum Gasteiger partial charge on any atom is -0.414 e. The first kappa shape index (κ1) is 14.1. The third kappa shape index (κ3) is 5.07. The van der Waals surface area contributed by atoms with Crippen molar-refractivity contribution in [2.45, 2.75) is 38.9 Å². The maximum Gasteiger partial charge on any atom is 0.192 e. The van der Waals surface area contributed by atoms with Crippen LogP contribution in [-0.2, 0) is 9.16 Å². The van der Waals surface area contributed by atoms with Crippen LogP contribution in [0.2, 0.25) is 18.1 Å². The monoisotopic (exact) mass is 222 g/mol. The summed E-state index contributed by atoms with van der Waals surface area (Å²) in [5, 5.41) is 0.229. The highest BCUT2D eigenvalue weighted by atomic mass is 28.4. The van der Waals surface area contributed by atoms with E-state index in [0.29, 0.717) is 13.2 Å². The number of ether oxygens (including phenoxy) is 1. The Kier molecular flexibility index (Phi) is 5.86. The molecule has 0 aliphatic rings. The average molecular weight is 222 g/mol. The van der Waals surface area contributed by atoms with Gasteiger partial charge in [-0.1, -0.05) is 20.8 Å². The number of rotatable bonds is 6. The van der Waals surface area contributed by atoms with E-state index in [1.807, 2.05) is 0 Å². The largest absolute Gasteiger partial charge is 0.414 e. The molecule has 14 heavy (non-hydrogen) atoms. The lowest BCUT2D eigenvalue weighted by molar-refractivity contribution is 0.0856. The summed E-state index contributed by atoms with van der Waals surface area (Å²) < 4.78 is 22.5. The Morgan fingerprint density at radius 2 is 1.64 bits per heavy atom. The highest BCUT2D eigenvalue weighted by Gasteiger charge is 2.36. The van der Waals surface area contributed by atoms with Gasteiger partial charge in [0.15, 0.2) is 8.32 Å². The van der Waals surface area contributed by atoms with E-state index >= 15 is 0 Å². The lowest BCUT2D eigenvalue weighted by Crippen LogP contribution is -2.41. The van der Waals surface area contributed by atoms with Crippen molar-refractivity contribution in [1.29, 1.82) is 0 Å². The minimum absolute atomic E-state index is 0.181. The van der Waals surface area contributed by atoms with Crippen molar-refractivity contribution in [2.75, 3.05) is 26.5 Å². The van der Waals surface area contributed by atoms with Gasteiger partial charge in [-0.2, -0.15) is 0 Å². The predicted octanol–water partition coefficient (Wildman–Crippen LogP) is 2.99. The van der Waals surface area contributed by atoms with Gasteiger partial charge in [-0.25, -0.2) is 4.39 Å². The molecule has 86 valence electrons. The third-order valence-corrected chi connectivity index (χ3v) is 7.26. The van der Waals surface area contributed by atoms with E-state index in [1.165, 1.54) is 0 Å². The molecule has 0 saturated heterocycles. The van der Waals surface area contributed by atoms with Crippen LogP contribution in [-0.4, -0.2) is 34.8 Å². The molecule has 0 radical (unpaired) electrons. The van der Waals surface area contributed by atoms with Gasteiger partial charge in [0.1, 0.15) is 6.67 Å². The molecule has 0 atom stereocenters. The van der Waals surface area contributed by atoms with Gasteiger partial charge in [0, 0.05) is 0 Å². The van der Waals surface area contributed by atoms with Crippen LogP contribution in [0.3, 0.4) is 0 Å². The maximum atomic E-state index is 11.7. The molecule has 0 rings (SSSR count). The standard InChI is InChI=1S/C10H23FO2Si/c1-10(2,3)14(4,5)13-9-8-12-7-6-11/h6-9H2,1-5H3. The molecule has 0 aromatic carbocycles. The minimum atomic E-state index is -1.64. The van der Waals surface area contributed by atoms with Gasteiger partial charge in [-0.3, -0.25) is 0 Å². The fourth-order valence-electron chi connectivity index (χ4n) is 0.729. The molecule has 0 unspecified atom stereocenters. The molecule has 0 fully saturated rings. The summed E-state index contributed by atoms with van der Waals surface area (Å²) in [4.78, 5) is 0. The number of alkyl halides is 1. The van der Waals surface area contributed by atoms with Crippen LogP contribution in [0.5, 0.6) is 0 Å². The normalized spacial score (nSPS) is 13.3. The lowest BCUT2D eigenvalue weighted by Gasteiger charge is -2.36. The van der Waals surface area contributed by atoms with Gasteiger partial charge in [-0.05, 0) is 18.1 Å². The van der Waals surface area contributed by atoms with E-state index in [0.717, 1.165) is 0 Å². The fourth-order valence-corrected chi connectivity index (χ4v) is 1.76. The molecule has 0 heterocycles. The summed E-state index contributed by atoms with van der Waals surface area (Å²) in [5.74, 6) is 0. The molecule has 4 heteroatoms. The van der Waals surface area contributed by atoms with Crippen molar-refractivity contribution in [3.8, 4) is 0 Å². The van der Waals surface area contributed by atoms with Gasteiger partial charge in [0.25, 0.3) is 0 Å². The fraction of sp³-hybridized carbons (Fsp3) is 1.00. The number of hydrogen-bond acceptors (Lipinski definition) is 2. The van der Waals surface area contributed by atoms with E-state index in [2.05, 4.69) is 33.9 Å². The molecule has 0 saturated carbocycles. The first-order chi connectivity index (χ1) is 6.31. The Bertz CT molecular complexity index is 155. The second-order valence-corrected chi connectivity index (χ2v) is 9.72. The molecule has 0 aliphatic heterocycles. The van der Waals surface area contributed by atoms with Crippen LogP contribution in [0, 0.1) is 0 Å². The Balaban J connectivity index is 3.67. The average Bonchev–Trinajstić information content (AvgIpc) is 2.02. The molecule has 2 nitrogen and oxygen atoms in total. The second-order valence-electron chi connectivity index (χ2n) is 4.91. The van der Waals surface area contributed by atoms with E-state index in [-0.39, 0.29) is 11.6 Å². The SMILES string of the molecule is CC(C)(C)[Si](C)(C)OCCOCCF. The molecule has 0 amide bonds. The van der Waals surface area contributed by atoms with Gasteiger partial charge >= 0.3 is 0 Å². The van der Waals surface area contributed by atoms with Crippen molar-refractivity contribution >= 4 is 8.32 Å². The van der Waals surface area contributed by atoms with Crippen LogP contribution < -0.4 is 0 Å². The zero-order valence-electron chi connectivity index (χ0n) is 10.0. The van der Waals surface area contributed by atoms with Crippen molar-refractivity contribution in [2.24, 2.45) is 0 Å². The van der Waals surface area contributed by atoms with Crippen LogP contribution in [0.15, 0.2) is 0 Å². The zero-order valence-corrected chi connectivity index (χ0v) is 11.0. The van der Waals surface area contributed by atoms with Crippen molar-refractivity contribution in [3.63, 3.8) is 0 Å². The Morgan fingerprint density at radius 3 is 2.07 bits per heavy atom. The zero-order chi connectivity index (χ0) is 11.2. The molecular weight excluding hydrogens is 199 g/mol. The Labute approximate surface area is 87.9 Å². The van der Waals surface area contributed by atoms with Crippen molar-refractivity contribution < 1.29 is 13.6 Å². The van der Waals surface area contributed by atoms with Crippen molar-refractivity contribution in [1.82, 2.24) is 0 Å². The van der Waals surface area contributed by atoms with Crippen LogP contribution in [0.4, 0.5) is 4.39 Å². The van der Waals surface area contributed by atoms with Gasteiger partial charge in [0.05, 0.1) is 19.8 Å². The Hall–Kier alpha value is 0.0669. The molecule has 0 aromatic rings. The van der Waals surface area contributed by atoms with Gasteiger partial charge < -0.3 is 9.16 Å². The first-order valence-electron chi connectivity index (χ1n) is 5.09. The summed E-state index contributed by atoms with van der Waals surface area (Å²) in [5.41, 5.74) is 0. The molecule has 0 N–H and O–H groups in total. The van der Waals surface area contributed by atoms with Crippen LogP contribution in [0.25, 0.3) is 0 Å². The summed E-state index contributed by atoms with van der Waals surface area (Å²) in [6, 6.07) is 0. The van der Waals surface area contributed by atoms with Crippen LogP contribution >= 0.6 is 0 Å². The van der Waals surface area contributed by atoms with E-state index in [9.17, 15) is 4.39 Å².